The fourth-order valence-corrected chi connectivity index (χ4v) is 0.725. The molecule has 1 N–H and O–H groups in total. The summed E-state index contributed by atoms with van der Waals surface area (Å²) in [6, 6.07) is 0. The molecule has 10 heavy (non-hydrogen) atoms. The predicted molar refractivity (Wildman–Crippen MR) is 41.9 cm³/mol. The molecule has 0 spiro atoms. The Balaban J connectivity index is 3.40. The van der Waals surface area contributed by atoms with E-state index in [-0.39, 0.29) is 6.61 Å². The Morgan fingerprint density at radius 1 is 1.40 bits per heavy atom. The molecule has 0 rings (SSSR count). The van der Waals surface area contributed by atoms with Crippen LogP contribution in [0.5, 0.6) is 0 Å². The Morgan fingerprint density at radius 2 is 2.00 bits per heavy atom. The van der Waals surface area contributed by atoms with Crippen molar-refractivity contribution in [3.05, 3.63) is 0 Å². The zero-order valence-electron chi connectivity index (χ0n) is 7.13. The van der Waals surface area contributed by atoms with Crippen molar-refractivity contribution in [2.45, 2.75) is 20.8 Å². The van der Waals surface area contributed by atoms with Crippen LogP contribution in [-0.2, 0) is 4.74 Å². The van der Waals surface area contributed by atoms with Crippen molar-refractivity contribution in [1.82, 2.24) is 0 Å². The maximum absolute atomic E-state index is 8.84. The smallest absolute Gasteiger partial charge is 0.0518 e. The second kappa shape index (κ2) is 5.69. The maximum atomic E-state index is 8.84. The molecule has 0 aliphatic heterocycles. The lowest BCUT2D eigenvalue weighted by molar-refractivity contribution is 0.0606. The van der Waals surface area contributed by atoms with E-state index in [1.54, 1.807) is 0 Å². The third-order valence-electron chi connectivity index (χ3n) is 1.71. The van der Waals surface area contributed by atoms with E-state index in [1.165, 1.54) is 0 Å². The lowest BCUT2D eigenvalue weighted by Gasteiger charge is -2.17. The van der Waals surface area contributed by atoms with Gasteiger partial charge in [-0.25, -0.2) is 0 Å². The van der Waals surface area contributed by atoms with Gasteiger partial charge >= 0.3 is 0 Å². The molecule has 1 atom stereocenters. The Morgan fingerprint density at radius 3 is 2.30 bits per heavy atom. The molecule has 0 aromatic carbocycles. The summed E-state index contributed by atoms with van der Waals surface area (Å²) in [6.45, 7) is 7.82. The molecule has 0 heterocycles. The molecule has 0 radical (unpaired) electrons. The van der Waals surface area contributed by atoms with Gasteiger partial charge in [-0.05, 0) is 12.8 Å². The summed E-state index contributed by atoms with van der Waals surface area (Å²) in [6.07, 6.45) is 0. The molecule has 0 aromatic heterocycles. The summed E-state index contributed by atoms with van der Waals surface area (Å²) in [5.41, 5.74) is 0. The highest BCUT2D eigenvalue weighted by molar-refractivity contribution is 4.59. The van der Waals surface area contributed by atoms with E-state index >= 15 is 0 Å². The van der Waals surface area contributed by atoms with Gasteiger partial charge in [-0.15, -0.1) is 0 Å². The van der Waals surface area contributed by atoms with Gasteiger partial charge < -0.3 is 9.84 Å². The van der Waals surface area contributed by atoms with Crippen LogP contribution in [0.15, 0.2) is 0 Å². The van der Waals surface area contributed by atoms with E-state index in [0.29, 0.717) is 18.4 Å². The molecule has 62 valence electrons. The Labute approximate surface area is 63.2 Å². The quantitative estimate of drug-likeness (QED) is 0.633. The molecule has 0 amide bonds. The maximum Gasteiger partial charge on any atom is 0.0518 e. The van der Waals surface area contributed by atoms with Crippen molar-refractivity contribution in [3.63, 3.8) is 0 Å². The molecule has 0 saturated carbocycles. The van der Waals surface area contributed by atoms with Crippen LogP contribution in [-0.4, -0.2) is 24.9 Å². The SMILES string of the molecule is CCOCC(CO)C(C)C. The highest BCUT2D eigenvalue weighted by Gasteiger charge is 2.10. The second-order valence-electron chi connectivity index (χ2n) is 2.85. The summed E-state index contributed by atoms with van der Waals surface area (Å²) < 4.78 is 5.19. The first-order valence-electron chi connectivity index (χ1n) is 3.91. The molecule has 0 aliphatic rings. The molecule has 2 nitrogen and oxygen atoms in total. The summed E-state index contributed by atoms with van der Waals surface area (Å²) in [5.74, 6) is 0.816. The third-order valence-corrected chi connectivity index (χ3v) is 1.71. The fourth-order valence-electron chi connectivity index (χ4n) is 0.725. The summed E-state index contributed by atoms with van der Waals surface area (Å²) >= 11 is 0. The van der Waals surface area contributed by atoms with Crippen molar-refractivity contribution < 1.29 is 9.84 Å². The van der Waals surface area contributed by atoms with E-state index in [2.05, 4.69) is 13.8 Å². The van der Waals surface area contributed by atoms with E-state index in [0.717, 1.165) is 6.61 Å². The first kappa shape index (κ1) is 9.92. The van der Waals surface area contributed by atoms with Gasteiger partial charge in [0.25, 0.3) is 0 Å². The Hall–Kier alpha value is -0.0800. The lowest BCUT2D eigenvalue weighted by atomic mass is 9.98. The first-order chi connectivity index (χ1) is 4.72. The van der Waals surface area contributed by atoms with Crippen molar-refractivity contribution in [2.24, 2.45) is 11.8 Å². The highest BCUT2D eigenvalue weighted by Crippen LogP contribution is 2.09. The van der Waals surface area contributed by atoms with Crippen molar-refractivity contribution in [1.29, 1.82) is 0 Å². The molecular formula is C8H18O2. The monoisotopic (exact) mass is 146 g/mol. The van der Waals surface area contributed by atoms with Gasteiger partial charge in [-0.3, -0.25) is 0 Å². The van der Waals surface area contributed by atoms with Crippen LogP contribution in [0.1, 0.15) is 20.8 Å². The fraction of sp³-hybridized carbons (Fsp3) is 1.00. The minimum atomic E-state index is 0.234. The van der Waals surface area contributed by atoms with Crippen molar-refractivity contribution >= 4 is 0 Å². The molecule has 1 unspecified atom stereocenters. The topological polar surface area (TPSA) is 29.5 Å². The molecule has 0 aromatic rings. The number of hydrogen-bond acceptors (Lipinski definition) is 2. The lowest BCUT2D eigenvalue weighted by Crippen LogP contribution is -2.19. The summed E-state index contributed by atoms with van der Waals surface area (Å²) in [5, 5.41) is 8.84. The Bertz CT molecular complexity index is 71.7. The third kappa shape index (κ3) is 3.85. The van der Waals surface area contributed by atoms with Crippen LogP contribution in [0, 0.1) is 11.8 Å². The molecule has 2 heteroatoms. The van der Waals surface area contributed by atoms with Crippen LogP contribution >= 0.6 is 0 Å². The van der Waals surface area contributed by atoms with Gasteiger partial charge in [0.15, 0.2) is 0 Å². The minimum absolute atomic E-state index is 0.234. The normalized spacial score (nSPS) is 14.1. The van der Waals surface area contributed by atoms with Crippen LogP contribution in [0.3, 0.4) is 0 Å². The van der Waals surface area contributed by atoms with Gasteiger partial charge in [0, 0.05) is 19.1 Å². The Kier molecular flexibility index (Phi) is 5.64. The average Bonchev–Trinajstić information content (AvgIpc) is 1.89. The van der Waals surface area contributed by atoms with Gasteiger partial charge in [-0.2, -0.15) is 0 Å². The number of aliphatic hydroxyl groups is 1. The molecule has 0 saturated heterocycles. The number of ether oxygens (including phenoxy) is 1. The van der Waals surface area contributed by atoms with Gasteiger partial charge in [-0.1, -0.05) is 13.8 Å². The van der Waals surface area contributed by atoms with E-state index < -0.39 is 0 Å². The molecule has 0 fully saturated rings. The number of aliphatic hydroxyl groups excluding tert-OH is 1. The highest BCUT2D eigenvalue weighted by atomic mass is 16.5. The first-order valence-corrected chi connectivity index (χ1v) is 3.91. The summed E-state index contributed by atoms with van der Waals surface area (Å²) in [4.78, 5) is 0. The minimum Gasteiger partial charge on any atom is -0.396 e. The van der Waals surface area contributed by atoms with Crippen molar-refractivity contribution in [2.75, 3.05) is 19.8 Å². The van der Waals surface area contributed by atoms with Crippen LogP contribution < -0.4 is 0 Å². The average molecular weight is 146 g/mol. The van der Waals surface area contributed by atoms with Crippen LogP contribution in [0.2, 0.25) is 0 Å². The molecular weight excluding hydrogens is 128 g/mol. The van der Waals surface area contributed by atoms with Gasteiger partial charge in [0.05, 0.1) is 6.61 Å². The summed E-state index contributed by atoms with van der Waals surface area (Å²) in [7, 11) is 0. The number of hydrogen-bond donors (Lipinski definition) is 1. The van der Waals surface area contributed by atoms with Gasteiger partial charge in [0.1, 0.15) is 0 Å². The van der Waals surface area contributed by atoms with E-state index in [9.17, 15) is 0 Å². The zero-order valence-corrected chi connectivity index (χ0v) is 7.13. The zero-order chi connectivity index (χ0) is 7.98. The van der Waals surface area contributed by atoms with E-state index in [1.807, 2.05) is 6.92 Å². The van der Waals surface area contributed by atoms with E-state index in [4.69, 9.17) is 9.84 Å². The van der Waals surface area contributed by atoms with Crippen molar-refractivity contribution in [3.8, 4) is 0 Å². The van der Waals surface area contributed by atoms with Crippen LogP contribution in [0.4, 0.5) is 0 Å². The predicted octanol–water partition coefficient (Wildman–Crippen LogP) is 1.29. The second-order valence-corrected chi connectivity index (χ2v) is 2.85. The van der Waals surface area contributed by atoms with Crippen LogP contribution in [0.25, 0.3) is 0 Å². The largest absolute Gasteiger partial charge is 0.396 e. The molecule has 0 aliphatic carbocycles. The number of rotatable bonds is 5. The standard InChI is InChI=1S/C8H18O2/c1-4-10-6-8(5-9)7(2)3/h7-9H,4-6H2,1-3H3. The molecule has 0 bridgehead atoms. The van der Waals surface area contributed by atoms with Gasteiger partial charge in [0.2, 0.25) is 0 Å².